The van der Waals surface area contributed by atoms with Gasteiger partial charge in [-0.15, -0.1) is 0 Å². The van der Waals surface area contributed by atoms with Crippen molar-refractivity contribution in [2.24, 2.45) is 0 Å². The summed E-state index contributed by atoms with van der Waals surface area (Å²) in [7, 11) is 0. The summed E-state index contributed by atoms with van der Waals surface area (Å²) in [6, 6.07) is 16.2. The molecule has 1 N–H and O–H groups in total. The first kappa shape index (κ1) is 22.1. The van der Waals surface area contributed by atoms with E-state index in [1.54, 1.807) is 6.08 Å². The summed E-state index contributed by atoms with van der Waals surface area (Å²) in [6.45, 7) is 12.3. The summed E-state index contributed by atoms with van der Waals surface area (Å²) in [5.41, 5.74) is 9.50. The maximum atomic E-state index is 12.8. The largest absolute Gasteiger partial charge is 0.321 e. The highest BCUT2D eigenvalue weighted by molar-refractivity contribution is 6.10. The number of para-hydroxylation sites is 1. The van der Waals surface area contributed by atoms with Crippen LogP contribution in [0.5, 0.6) is 0 Å². The number of carbonyl (C=O) groups excluding carboxylic acids is 1. The molecular formula is C27H29N3O. The Hall–Kier alpha value is -3.58. The minimum atomic E-state index is -0.397. The molecule has 3 aromatic rings. The number of hydrogen-bond acceptors (Lipinski definition) is 2. The first-order valence-corrected chi connectivity index (χ1v) is 10.6. The van der Waals surface area contributed by atoms with Gasteiger partial charge in [-0.25, -0.2) is 0 Å². The Morgan fingerprint density at radius 2 is 1.74 bits per heavy atom. The molecule has 1 aromatic heterocycles. The molecule has 0 fully saturated rings. The van der Waals surface area contributed by atoms with E-state index in [0.717, 1.165) is 40.2 Å². The molecule has 0 unspecified atom stereocenters. The van der Waals surface area contributed by atoms with Crippen molar-refractivity contribution >= 4 is 17.7 Å². The van der Waals surface area contributed by atoms with Crippen LogP contribution in [-0.2, 0) is 11.2 Å². The number of anilines is 1. The summed E-state index contributed by atoms with van der Waals surface area (Å²) >= 11 is 0. The van der Waals surface area contributed by atoms with Gasteiger partial charge in [-0.2, -0.15) is 5.26 Å². The molecule has 3 rings (SSSR count). The average Bonchev–Trinajstić information content (AvgIpc) is 3.02. The minimum Gasteiger partial charge on any atom is -0.321 e. The van der Waals surface area contributed by atoms with Crippen LogP contribution in [0.15, 0.2) is 48.0 Å². The van der Waals surface area contributed by atoms with Gasteiger partial charge < -0.3 is 9.88 Å². The standard InChI is InChI=1S/C27H29N3O/c1-7-22-12-8-11-18(3)26(22)30-19(4)14-23(21(30)6)15-24(16-28)27(31)29-25-13-9-10-17(2)20(25)5/h8-15H,7H2,1-6H3,(H,29,31)/b24-15+. The highest BCUT2D eigenvalue weighted by Crippen LogP contribution is 2.28. The molecule has 0 aliphatic carbocycles. The number of rotatable bonds is 5. The lowest BCUT2D eigenvalue weighted by molar-refractivity contribution is -0.112. The predicted molar refractivity (Wildman–Crippen MR) is 127 cm³/mol. The van der Waals surface area contributed by atoms with Gasteiger partial charge in [-0.05, 0) is 87.1 Å². The van der Waals surface area contributed by atoms with E-state index in [1.807, 2.05) is 45.0 Å². The van der Waals surface area contributed by atoms with Crippen LogP contribution < -0.4 is 5.32 Å². The molecular weight excluding hydrogens is 382 g/mol. The molecule has 2 aromatic carbocycles. The van der Waals surface area contributed by atoms with Crippen molar-refractivity contribution in [2.75, 3.05) is 5.32 Å². The summed E-state index contributed by atoms with van der Waals surface area (Å²) in [4.78, 5) is 12.8. The van der Waals surface area contributed by atoms with E-state index in [9.17, 15) is 10.1 Å². The first-order chi connectivity index (χ1) is 14.8. The number of nitrogens with one attached hydrogen (secondary N) is 1. The van der Waals surface area contributed by atoms with Crippen LogP contribution in [-0.4, -0.2) is 10.5 Å². The Labute approximate surface area is 184 Å². The van der Waals surface area contributed by atoms with E-state index in [1.165, 1.54) is 16.8 Å². The van der Waals surface area contributed by atoms with Gasteiger partial charge in [-0.1, -0.05) is 37.3 Å². The van der Waals surface area contributed by atoms with Gasteiger partial charge in [0.05, 0.1) is 5.69 Å². The lowest BCUT2D eigenvalue weighted by atomic mass is 10.1. The molecule has 0 aliphatic heterocycles. The first-order valence-electron chi connectivity index (χ1n) is 10.6. The van der Waals surface area contributed by atoms with E-state index in [-0.39, 0.29) is 5.57 Å². The van der Waals surface area contributed by atoms with Crippen molar-refractivity contribution in [3.63, 3.8) is 0 Å². The molecule has 0 atom stereocenters. The zero-order chi connectivity index (χ0) is 22.7. The molecule has 31 heavy (non-hydrogen) atoms. The second-order valence-corrected chi connectivity index (χ2v) is 7.97. The zero-order valence-corrected chi connectivity index (χ0v) is 19.1. The summed E-state index contributed by atoms with van der Waals surface area (Å²) in [5, 5.41) is 12.6. The van der Waals surface area contributed by atoms with E-state index in [2.05, 4.69) is 54.9 Å². The molecule has 0 saturated heterocycles. The molecule has 0 radical (unpaired) electrons. The monoisotopic (exact) mass is 411 g/mol. The van der Waals surface area contributed by atoms with Crippen LogP contribution in [0.3, 0.4) is 0 Å². The number of hydrogen-bond donors (Lipinski definition) is 1. The SMILES string of the molecule is CCc1cccc(C)c1-n1c(C)cc(/C=C(\C#N)C(=O)Nc2cccc(C)c2C)c1C. The number of amides is 1. The van der Waals surface area contributed by atoms with Gasteiger partial charge in [0.2, 0.25) is 0 Å². The fourth-order valence-electron chi connectivity index (χ4n) is 3.98. The fourth-order valence-corrected chi connectivity index (χ4v) is 3.98. The second kappa shape index (κ2) is 9.06. The van der Waals surface area contributed by atoms with Gasteiger partial charge in [0, 0.05) is 17.1 Å². The molecule has 0 spiro atoms. The maximum absolute atomic E-state index is 12.8. The Kier molecular flexibility index (Phi) is 6.46. The normalized spacial score (nSPS) is 11.3. The van der Waals surface area contributed by atoms with E-state index >= 15 is 0 Å². The molecule has 4 heteroatoms. The van der Waals surface area contributed by atoms with Crippen LogP contribution in [0.25, 0.3) is 11.8 Å². The van der Waals surface area contributed by atoms with E-state index in [4.69, 9.17) is 0 Å². The van der Waals surface area contributed by atoms with Crippen LogP contribution in [0.2, 0.25) is 0 Å². The number of nitrogens with zero attached hydrogens (tertiary/aromatic N) is 2. The lowest BCUT2D eigenvalue weighted by Gasteiger charge is -2.17. The van der Waals surface area contributed by atoms with Crippen molar-refractivity contribution in [1.29, 1.82) is 5.26 Å². The van der Waals surface area contributed by atoms with Crippen molar-refractivity contribution in [2.45, 2.75) is 48.0 Å². The van der Waals surface area contributed by atoms with Gasteiger partial charge in [-0.3, -0.25) is 4.79 Å². The number of nitriles is 1. The van der Waals surface area contributed by atoms with Crippen LogP contribution in [0, 0.1) is 45.9 Å². The lowest BCUT2D eigenvalue weighted by Crippen LogP contribution is -2.14. The van der Waals surface area contributed by atoms with Crippen molar-refractivity contribution < 1.29 is 4.79 Å². The summed E-state index contributed by atoms with van der Waals surface area (Å²) in [5.74, 6) is -0.397. The average molecular weight is 412 g/mol. The van der Waals surface area contributed by atoms with E-state index in [0.29, 0.717) is 0 Å². The Morgan fingerprint density at radius 1 is 1.06 bits per heavy atom. The Morgan fingerprint density at radius 3 is 2.42 bits per heavy atom. The molecule has 0 aliphatic rings. The van der Waals surface area contributed by atoms with Crippen LogP contribution in [0.1, 0.15) is 46.1 Å². The third-order valence-electron chi connectivity index (χ3n) is 5.91. The predicted octanol–water partition coefficient (Wildman–Crippen LogP) is 6.13. The smallest absolute Gasteiger partial charge is 0.266 e. The molecule has 158 valence electrons. The number of aryl methyl sites for hydroxylation is 4. The van der Waals surface area contributed by atoms with E-state index < -0.39 is 5.91 Å². The summed E-state index contributed by atoms with van der Waals surface area (Å²) in [6.07, 6.45) is 2.62. The minimum absolute atomic E-state index is 0.0849. The van der Waals surface area contributed by atoms with Crippen LogP contribution in [0.4, 0.5) is 5.69 Å². The van der Waals surface area contributed by atoms with Gasteiger partial charge in [0.15, 0.2) is 0 Å². The van der Waals surface area contributed by atoms with Crippen molar-refractivity contribution in [1.82, 2.24) is 4.57 Å². The van der Waals surface area contributed by atoms with Gasteiger partial charge in [0.1, 0.15) is 11.6 Å². The van der Waals surface area contributed by atoms with Gasteiger partial charge in [0.25, 0.3) is 5.91 Å². The summed E-state index contributed by atoms with van der Waals surface area (Å²) < 4.78 is 2.22. The van der Waals surface area contributed by atoms with Gasteiger partial charge >= 0.3 is 0 Å². The Bertz CT molecular complexity index is 1220. The number of benzene rings is 2. The number of aromatic nitrogens is 1. The highest BCUT2D eigenvalue weighted by Gasteiger charge is 2.17. The molecule has 1 amide bonds. The number of carbonyl (C=O) groups is 1. The van der Waals surface area contributed by atoms with Crippen LogP contribution >= 0.6 is 0 Å². The molecule has 0 bridgehead atoms. The highest BCUT2D eigenvalue weighted by atomic mass is 16.1. The topological polar surface area (TPSA) is 57.8 Å². The van der Waals surface area contributed by atoms with Crippen molar-refractivity contribution in [3.05, 3.63) is 87.2 Å². The quantitative estimate of drug-likeness (QED) is 0.406. The third-order valence-corrected chi connectivity index (χ3v) is 5.91. The second-order valence-electron chi connectivity index (χ2n) is 7.97. The molecule has 4 nitrogen and oxygen atoms in total. The molecule has 0 saturated carbocycles. The Balaban J connectivity index is 2.02. The fraction of sp³-hybridized carbons (Fsp3) is 0.259. The maximum Gasteiger partial charge on any atom is 0.266 e. The third kappa shape index (κ3) is 4.32. The zero-order valence-electron chi connectivity index (χ0n) is 19.1. The molecule has 1 heterocycles. The van der Waals surface area contributed by atoms with Crippen molar-refractivity contribution in [3.8, 4) is 11.8 Å².